The summed E-state index contributed by atoms with van der Waals surface area (Å²) in [6.45, 7) is 0. The van der Waals surface area contributed by atoms with Crippen molar-refractivity contribution in [1.82, 2.24) is 0 Å². The maximum absolute atomic E-state index is 8.88. The number of phosphoric acid groups is 1. The van der Waals surface area contributed by atoms with Gasteiger partial charge >= 0.3 is 7.82 Å². The maximum atomic E-state index is 8.88. The van der Waals surface area contributed by atoms with E-state index in [4.69, 9.17) is 19.2 Å². The van der Waals surface area contributed by atoms with Crippen LogP contribution in [0.4, 0.5) is 0 Å². The van der Waals surface area contributed by atoms with Crippen molar-refractivity contribution < 1.29 is 19.2 Å². The summed E-state index contributed by atoms with van der Waals surface area (Å²) in [5, 5.41) is 0. The molecular formula is H3Li3O4P. The molecule has 0 rings (SSSR count). The van der Waals surface area contributed by atoms with E-state index in [9.17, 15) is 0 Å². The third-order valence-corrected chi connectivity index (χ3v) is 0. The van der Waals surface area contributed by atoms with Gasteiger partial charge in [-0.1, -0.05) is 0 Å². The third-order valence-electron chi connectivity index (χ3n) is 0. The van der Waals surface area contributed by atoms with Gasteiger partial charge < -0.3 is 14.7 Å². The minimum Gasteiger partial charge on any atom is -0.303 e. The van der Waals surface area contributed by atoms with Crippen LogP contribution < -0.4 is 0 Å². The molecule has 0 spiro atoms. The summed E-state index contributed by atoms with van der Waals surface area (Å²) >= 11 is 0. The van der Waals surface area contributed by atoms with Gasteiger partial charge in [-0.05, 0) is 0 Å². The number of hydrogen-bond donors (Lipinski definition) is 3. The first-order valence-corrected chi connectivity index (χ1v) is 2.35. The van der Waals surface area contributed by atoms with Gasteiger partial charge in [-0.2, -0.15) is 0 Å². The van der Waals surface area contributed by atoms with Crippen molar-refractivity contribution in [2.45, 2.75) is 0 Å². The Hall–Kier alpha value is 1.90. The van der Waals surface area contributed by atoms with Crippen LogP contribution in [0.15, 0.2) is 0 Å². The minimum absolute atomic E-state index is 0. The van der Waals surface area contributed by atoms with E-state index in [2.05, 4.69) is 0 Å². The van der Waals surface area contributed by atoms with Gasteiger partial charge in [-0.3, -0.25) is 0 Å². The second kappa shape index (κ2) is 8.90. The molecule has 8 heteroatoms. The summed E-state index contributed by atoms with van der Waals surface area (Å²) in [5.41, 5.74) is 0. The molecule has 0 aromatic rings. The smallest absolute Gasteiger partial charge is 0.303 e. The van der Waals surface area contributed by atoms with E-state index in [0.717, 1.165) is 0 Å². The van der Waals surface area contributed by atoms with Crippen molar-refractivity contribution >= 4 is 64.4 Å². The van der Waals surface area contributed by atoms with E-state index in [1.807, 2.05) is 0 Å². The largest absolute Gasteiger partial charge is 0.466 e. The minimum atomic E-state index is -4.64. The summed E-state index contributed by atoms with van der Waals surface area (Å²) in [6, 6.07) is 0. The molecule has 4 nitrogen and oxygen atoms in total. The van der Waals surface area contributed by atoms with Crippen LogP contribution in [0, 0.1) is 0 Å². The average Bonchev–Trinajstić information content (AvgIpc) is 0.722. The molecule has 8 heavy (non-hydrogen) atoms. The first-order valence-electron chi connectivity index (χ1n) is 0.783. The first kappa shape index (κ1) is 22.5. The quantitative estimate of drug-likeness (QED) is 0.252. The van der Waals surface area contributed by atoms with E-state index in [-0.39, 0.29) is 56.6 Å². The fourth-order valence-corrected chi connectivity index (χ4v) is 0. The van der Waals surface area contributed by atoms with E-state index in [1.165, 1.54) is 0 Å². The van der Waals surface area contributed by atoms with Gasteiger partial charge in [0.2, 0.25) is 0 Å². The van der Waals surface area contributed by atoms with Crippen molar-refractivity contribution in [2.75, 3.05) is 0 Å². The zero-order chi connectivity index (χ0) is 4.50. The fourth-order valence-electron chi connectivity index (χ4n) is 0. The molecule has 0 aromatic heterocycles. The number of hydrogen-bond acceptors (Lipinski definition) is 1. The second-order valence-electron chi connectivity index (χ2n) is 0.513. The molecule has 0 aliphatic rings. The maximum Gasteiger partial charge on any atom is 0.466 e. The fraction of sp³-hybridized carbons (Fsp3) is 0. The van der Waals surface area contributed by atoms with Crippen LogP contribution in [-0.4, -0.2) is 71.3 Å². The van der Waals surface area contributed by atoms with Crippen molar-refractivity contribution in [3.05, 3.63) is 0 Å². The normalized spacial score (nSPS) is 7.38. The Labute approximate surface area is 83.2 Å². The summed E-state index contributed by atoms with van der Waals surface area (Å²) in [6.07, 6.45) is 0. The molecule has 0 aliphatic heterocycles. The number of rotatable bonds is 0. The Morgan fingerprint density at radius 2 is 0.875 bits per heavy atom. The molecule has 0 aromatic carbocycles. The Morgan fingerprint density at radius 3 is 0.875 bits per heavy atom. The third kappa shape index (κ3) is 104. The van der Waals surface area contributed by atoms with E-state index >= 15 is 0 Å². The second-order valence-corrected chi connectivity index (χ2v) is 1.54. The monoisotopic (exact) mass is 119 g/mol. The van der Waals surface area contributed by atoms with Crippen LogP contribution in [0.25, 0.3) is 0 Å². The first-order chi connectivity index (χ1) is 2.00. The van der Waals surface area contributed by atoms with Crippen LogP contribution in [0.2, 0.25) is 0 Å². The van der Waals surface area contributed by atoms with Gasteiger partial charge in [0.05, 0.1) is 0 Å². The van der Waals surface area contributed by atoms with Gasteiger partial charge in [-0.15, -0.1) is 0 Å². The molecule has 0 atom stereocenters. The summed E-state index contributed by atoms with van der Waals surface area (Å²) in [7, 11) is -4.64. The van der Waals surface area contributed by atoms with Crippen LogP contribution >= 0.6 is 7.82 Å². The van der Waals surface area contributed by atoms with Crippen molar-refractivity contribution in [1.29, 1.82) is 0 Å². The summed E-state index contributed by atoms with van der Waals surface area (Å²) < 4.78 is 8.88. The van der Waals surface area contributed by atoms with Crippen molar-refractivity contribution in [3.63, 3.8) is 0 Å². The predicted octanol–water partition coefficient (Wildman–Crippen LogP) is -2.07. The molecule has 0 saturated carbocycles. The van der Waals surface area contributed by atoms with Gasteiger partial charge in [0.15, 0.2) is 0 Å². The van der Waals surface area contributed by atoms with Gasteiger partial charge in [0.25, 0.3) is 0 Å². The molecule has 0 saturated heterocycles. The molecule has 0 heterocycles. The van der Waals surface area contributed by atoms with Crippen molar-refractivity contribution in [3.8, 4) is 0 Å². The molecule has 0 fully saturated rings. The van der Waals surface area contributed by atoms with Crippen LogP contribution in [0.3, 0.4) is 0 Å². The molecule has 35 valence electrons. The average molecular weight is 119 g/mol. The Morgan fingerprint density at radius 1 is 0.875 bits per heavy atom. The molecular weight excluding hydrogens is 116 g/mol. The Bertz CT molecular complexity index is 57.4. The molecule has 0 unspecified atom stereocenters. The SMILES string of the molecule is O=P(O)(O)O.[Li].[Li].[Li]. The standard InChI is InChI=1S/3Li.H3O4P/c;;;1-5(2,3)4/h;;;(H3,1,2,3,4). The summed E-state index contributed by atoms with van der Waals surface area (Å²) in [5.74, 6) is 0. The van der Waals surface area contributed by atoms with Crippen LogP contribution in [0.1, 0.15) is 0 Å². The van der Waals surface area contributed by atoms with Gasteiger partial charge in [-0.25, -0.2) is 4.57 Å². The van der Waals surface area contributed by atoms with Gasteiger partial charge in [0, 0.05) is 56.6 Å². The summed E-state index contributed by atoms with van der Waals surface area (Å²) in [4.78, 5) is 21.6. The van der Waals surface area contributed by atoms with E-state index < -0.39 is 7.82 Å². The molecule has 0 aliphatic carbocycles. The van der Waals surface area contributed by atoms with Crippen LogP contribution in [-0.2, 0) is 4.57 Å². The Kier molecular flexibility index (Phi) is 25.1. The van der Waals surface area contributed by atoms with Crippen LogP contribution in [0.5, 0.6) is 0 Å². The molecule has 3 radical (unpaired) electrons. The van der Waals surface area contributed by atoms with E-state index in [0.29, 0.717) is 0 Å². The zero-order valence-corrected chi connectivity index (χ0v) is 6.09. The zero-order valence-electron chi connectivity index (χ0n) is 5.20. The predicted molar refractivity (Wildman–Crippen MR) is 31.5 cm³/mol. The van der Waals surface area contributed by atoms with Gasteiger partial charge in [0.1, 0.15) is 0 Å². The van der Waals surface area contributed by atoms with Crippen molar-refractivity contribution in [2.24, 2.45) is 0 Å². The topological polar surface area (TPSA) is 77.8 Å². The molecule has 0 bridgehead atoms. The Balaban J connectivity index is -0.0000000267. The van der Waals surface area contributed by atoms with E-state index in [1.54, 1.807) is 0 Å². The molecule has 0 amide bonds. The molecule has 3 N–H and O–H groups in total.